The molecule has 0 fully saturated rings. The van der Waals surface area contributed by atoms with Crippen molar-refractivity contribution in [3.05, 3.63) is 53.1 Å². The van der Waals surface area contributed by atoms with Crippen LogP contribution in [0.1, 0.15) is 16.7 Å². The van der Waals surface area contributed by atoms with Crippen LogP contribution in [0.5, 0.6) is 5.75 Å². The Morgan fingerprint density at radius 2 is 2.05 bits per heavy atom. The standard InChI is InChI=1S/C16H16N2OS/c1-11-3-5-14(18)16(7-11)20-10-13-8-12(9-17)4-6-15(13)19-2/h3-8H,10,18H2,1-2H3. The zero-order chi connectivity index (χ0) is 14.5. The van der Waals surface area contributed by atoms with Crippen molar-refractivity contribution in [1.82, 2.24) is 0 Å². The van der Waals surface area contributed by atoms with Crippen molar-refractivity contribution in [2.24, 2.45) is 0 Å². The number of nitriles is 1. The van der Waals surface area contributed by atoms with Gasteiger partial charge in [0.1, 0.15) is 5.75 Å². The number of thioether (sulfide) groups is 1. The molecule has 0 spiro atoms. The normalized spacial score (nSPS) is 10.1. The molecule has 2 aromatic carbocycles. The van der Waals surface area contributed by atoms with Gasteiger partial charge in [-0.3, -0.25) is 0 Å². The number of aryl methyl sites for hydroxylation is 1. The molecule has 20 heavy (non-hydrogen) atoms. The highest BCUT2D eigenvalue weighted by molar-refractivity contribution is 7.98. The van der Waals surface area contributed by atoms with Gasteiger partial charge in [-0.25, -0.2) is 0 Å². The van der Waals surface area contributed by atoms with Crippen molar-refractivity contribution in [1.29, 1.82) is 5.26 Å². The molecule has 0 aliphatic carbocycles. The second-order valence-corrected chi connectivity index (χ2v) is 5.49. The quantitative estimate of drug-likeness (QED) is 0.686. The average Bonchev–Trinajstić information content (AvgIpc) is 2.47. The first-order valence-electron chi connectivity index (χ1n) is 6.20. The summed E-state index contributed by atoms with van der Waals surface area (Å²) in [6.07, 6.45) is 0. The van der Waals surface area contributed by atoms with Crippen LogP contribution < -0.4 is 10.5 Å². The highest BCUT2D eigenvalue weighted by Crippen LogP contribution is 2.32. The van der Waals surface area contributed by atoms with Crippen molar-refractivity contribution >= 4 is 17.4 Å². The fraction of sp³-hybridized carbons (Fsp3) is 0.188. The predicted octanol–water partition coefficient (Wildman–Crippen LogP) is 3.75. The monoisotopic (exact) mass is 284 g/mol. The van der Waals surface area contributed by atoms with Gasteiger partial charge < -0.3 is 10.5 Å². The van der Waals surface area contributed by atoms with Crippen LogP contribution in [0.25, 0.3) is 0 Å². The van der Waals surface area contributed by atoms with Crippen LogP contribution in [0, 0.1) is 18.3 Å². The average molecular weight is 284 g/mol. The van der Waals surface area contributed by atoms with Crippen molar-refractivity contribution < 1.29 is 4.74 Å². The fourth-order valence-electron chi connectivity index (χ4n) is 1.88. The van der Waals surface area contributed by atoms with Gasteiger partial charge in [0.05, 0.1) is 18.7 Å². The number of ether oxygens (including phenoxy) is 1. The molecule has 0 amide bonds. The summed E-state index contributed by atoms with van der Waals surface area (Å²) in [4.78, 5) is 1.05. The molecule has 2 aromatic rings. The Hall–Kier alpha value is -2.12. The van der Waals surface area contributed by atoms with Gasteiger partial charge in [0, 0.05) is 21.9 Å². The van der Waals surface area contributed by atoms with Gasteiger partial charge in [-0.2, -0.15) is 5.26 Å². The van der Waals surface area contributed by atoms with Gasteiger partial charge in [0.15, 0.2) is 0 Å². The molecule has 2 N–H and O–H groups in total. The summed E-state index contributed by atoms with van der Waals surface area (Å²) >= 11 is 1.65. The van der Waals surface area contributed by atoms with Crippen LogP contribution in [0.15, 0.2) is 41.3 Å². The van der Waals surface area contributed by atoms with E-state index in [0.717, 1.165) is 21.9 Å². The Bertz CT molecular complexity index is 662. The second kappa shape index (κ2) is 6.36. The minimum atomic E-state index is 0.638. The molecule has 0 saturated heterocycles. The highest BCUT2D eigenvalue weighted by atomic mass is 32.2. The van der Waals surface area contributed by atoms with Crippen LogP contribution in [0.3, 0.4) is 0 Å². The molecule has 2 rings (SSSR count). The van der Waals surface area contributed by atoms with Crippen molar-refractivity contribution in [3.63, 3.8) is 0 Å². The zero-order valence-electron chi connectivity index (χ0n) is 11.5. The Morgan fingerprint density at radius 1 is 1.25 bits per heavy atom. The molecule has 0 radical (unpaired) electrons. The smallest absolute Gasteiger partial charge is 0.122 e. The number of hydrogen-bond donors (Lipinski definition) is 1. The third-order valence-electron chi connectivity index (χ3n) is 2.96. The maximum Gasteiger partial charge on any atom is 0.122 e. The van der Waals surface area contributed by atoms with Crippen LogP contribution in [-0.4, -0.2) is 7.11 Å². The fourth-order valence-corrected chi connectivity index (χ4v) is 2.92. The van der Waals surface area contributed by atoms with E-state index in [1.807, 2.05) is 31.2 Å². The lowest BCUT2D eigenvalue weighted by atomic mass is 10.1. The predicted molar refractivity (Wildman–Crippen MR) is 82.9 cm³/mol. The van der Waals surface area contributed by atoms with E-state index in [4.69, 9.17) is 15.7 Å². The third-order valence-corrected chi connectivity index (χ3v) is 4.08. The van der Waals surface area contributed by atoms with E-state index in [-0.39, 0.29) is 0 Å². The number of benzene rings is 2. The summed E-state index contributed by atoms with van der Waals surface area (Å²) in [6.45, 7) is 2.04. The number of nitrogens with two attached hydrogens (primary N) is 1. The van der Waals surface area contributed by atoms with Gasteiger partial charge >= 0.3 is 0 Å². The van der Waals surface area contributed by atoms with Crippen molar-refractivity contribution in [2.45, 2.75) is 17.6 Å². The molecule has 0 heterocycles. The number of anilines is 1. The Kier molecular flexibility index (Phi) is 4.54. The maximum absolute atomic E-state index is 8.97. The Morgan fingerprint density at radius 3 is 2.75 bits per heavy atom. The number of hydrogen-bond acceptors (Lipinski definition) is 4. The molecule has 0 atom stereocenters. The van der Waals surface area contributed by atoms with Crippen molar-refractivity contribution in [3.8, 4) is 11.8 Å². The summed E-state index contributed by atoms with van der Waals surface area (Å²) in [5.74, 6) is 1.51. The molecule has 0 saturated carbocycles. The van der Waals surface area contributed by atoms with Gasteiger partial charge in [0.25, 0.3) is 0 Å². The minimum absolute atomic E-state index is 0.638. The van der Waals surface area contributed by atoms with E-state index in [2.05, 4.69) is 12.1 Å². The number of nitrogens with zero attached hydrogens (tertiary/aromatic N) is 1. The molecular formula is C16H16N2OS. The van der Waals surface area contributed by atoms with E-state index >= 15 is 0 Å². The first-order valence-corrected chi connectivity index (χ1v) is 7.18. The number of methoxy groups -OCH3 is 1. The highest BCUT2D eigenvalue weighted by Gasteiger charge is 2.07. The van der Waals surface area contributed by atoms with Gasteiger partial charge in [-0.15, -0.1) is 11.8 Å². The molecule has 3 nitrogen and oxygen atoms in total. The van der Waals surface area contributed by atoms with E-state index in [9.17, 15) is 0 Å². The molecular weight excluding hydrogens is 268 g/mol. The van der Waals surface area contributed by atoms with E-state index < -0.39 is 0 Å². The van der Waals surface area contributed by atoms with Gasteiger partial charge in [-0.1, -0.05) is 6.07 Å². The Balaban J connectivity index is 2.22. The van der Waals surface area contributed by atoms with E-state index in [0.29, 0.717) is 11.3 Å². The number of nitrogen functional groups attached to an aromatic ring is 1. The van der Waals surface area contributed by atoms with Crippen LogP contribution in [-0.2, 0) is 5.75 Å². The molecule has 0 aliphatic heterocycles. The summed E-state index contributed by atoms with van der Waals surface area (Å²) in [5, 5.41) is 8.97. The largest absolute Gasteiger partial charge is 0.496 e. The lowest BCUT2D eigenvalue weighted by Gasteiger charge is -2.10. The SMILES string of the molecule is COc1ccc(C#N)cc1CSc1cc(C)ccc1N. The maximum atomic E-state index is 8.97. The lowest BCUT2D eigenvalue weighted by molar-refractivity contribution is 0.411. The Labute approximate surface area is 123 Å². The van der Waals surface area contributed by atoms with Crippen LogP contribution >= 0.6 is 11.8 Å². The molecule has 0 unspecified atom stereocenters. The first kappa shape index (κ1) is 14.3. The molecule has 102 valence electrons. The first-order chi connectivity index (χ1) is 9.63. The van der Waals surface area contributed by atoms with Crippen LogP contribution in [0.4, 0.5) is 5.69 Å². The van der Waals surface area contributed by atoms with Crippen molar-refractivity contribution in [2.75, 3.05) is 12.8 Å². The third kappa shape index (κ3) is 3.25. The summed E-state index contributed by atoms with van der Waals surface area (Å²) in [7, 11) is 1.64. The topological polar surface area (TPSA) is 59.0 Å². The second-order valence-electron chi connectivity index (χ2n) is 4.47. The summed E-state index contributed by atoms with van der Waals surface area (Å²) in [5.41, 5.74) is 9.57. The van der Waals surface area contributed by atoms with E-state index in [1.165, 1.54) is 5.56 Å². The minimum Gasteiger partial charge on any atom is -0.496 e. The van der Waals surface area contributed by atoms with E-state index in [1.54, 1.807) is 24.9 Å². The molecule has 0 aliphatic rings. The zero-order valence-corrected chi connectivity index (χ0v) is 12.3. The molecule has 4 heteroatoms. The van der Waals surface area contributed by atoms with Gasteiger partial charge in [0.2, 0.25) is 0 Å². The summed E-state index contributed by atoms with van der Waals surface area (Å²) < 4.78 is 5.33. The lowest BCUT2D eigenvalue weighted by Crippen LogP contribution is -1.93. The number of rotatable bonds is 4. The summed E-state index contributed by atoms with van der Waals surface area (Å²) in [6, 6.07) is 13.6. The van der Waals surface area contributed by atoms with Crippen LogP contribution in [0.2, 0.25) is 0 Å². The molecule has 0 aromatic heterocycles. The van der Waals surface area contributed by atoms with Gasteiger partial charge in [-0.05, 0) is 42.8 Å². The molecule has 0 bridgehead atoms.